The normalized spacial score (nSPS) is 18.5. The predicted octanol–water partition coefficient (Wildman–Crippen LogP) is 2.56. The van der Waals surface area contributed by atoms with E-state index in [1.807, 2.05) is 7.05 Å². The first-order valence-electron chi connectivity index (χ1n) is 9.40. The second kappa shape index (κ2) is 8.85. The van der Waals surface area contributed by atoms with Gasteiger partial charge in [0.25, 0.3) is 0 Å². The Hall–Kier alpha value is -1.85. The summed E-state index contributed by atoms with van der Waals surface area (Å²) in [4.78, 5) is 4.32. The topological polar surface area (TPSA) is 67.1 Å². The highest BCUT2D eigenvalue weighted by Gasteiger charge is 2.14. The number of rotatable bonds is 5. The highest BCUT2D eigenvalue weighted by atomic mass is 15.3. The molecule has 2 aliphatic rings. The van der Waals surface area contributed by atoms with Crippen molar-refractivity contribution in [3.8, 4) is 0 Å². The molecule has 1 aliphatic heterocycles. The van der Waals surface area contributed by atoms with E-state index in [1.54, 1.807) is 5.57 Å². The average molecular weight is 330 g/mol. The molecule has 2 N–H and O–H groups in total. The first-order chi connectivity index (χ1) is 11.9. The fourth-order valence-corrected chi connectivity index (χ4v) is 3.53. The van der Waals surface area contributed by atoms with Gasteiger partial charge in [0.2, 0.25) is 0 Å². The second-order valence-corrected chi connectivity index (χ2v) is 6.71. The monoisotopic (exact) mass is 330 g/mol. The number of hydrogen-bond donors (Lipinski definition) is 2. The Labute approximate surface area is 144 Å². The number of aromatic nitrogens is 3. The zero-order chi connectivity index (χ0) is 16.6. The average Bonchev–Trinajstić information content (AvgIpc) is 2.85. The maximum absolute atomic E-state index is 4.36. The first-order valence-corrected chi connectivity index (χ1v) is 9.40. The Bertz CT molecular complexity index is 586. The van der Waals surface area contributed by atoms with Crippen LogP contribution < -0.4 is 10.6 Å². The van der Waals surface area contributed by atoms with E-state index in [9.17, 15) is 0 Å². The lowest BCUT2D eigenvalue weighted by Crippen LogP contribution is -2.38. The molecule has 0 atom stereocenters. The summed E-state index contributed by atoms with van der Waals surface area (Å²) in [6.45, 7) is 2.65. The molecule has 1 aliphatic carbocycles. The van der Waals surface area contributed by atoms with Gasteiger partial charge in [0, 0.05) is 26.6 Å². The largest absolute Gasteiger partial charge is 0.356 e. The van der Waals surface area contributed by atoms with E-state index in [4.69, 9.17) is 0 Å². The molecule has 0 bridgehead atoms. The Morgan fingerprint density at radius 3 is 2.88 bits per heavy atom. The van der Waals surface area contributed by atoms with Gasteiger partial charge in [0.15, 0.2) is 11.8 Å². The lowest BCUT2D eigenvalue weighted by molar-refractivity contribution is 0.596. The molecule has 0 unspecified atom stereocenters. The van der Waals surface area contributed by atoms with E-state index < -0.39 is 0 Å². The van der Waals surface area contributed by atoms with Gasteiger partial charge in [-0.2, -0.15) is 0 Å². The van der Waals surface area contributed by atoms with E-state index in [0.29, 0.717) is 6.54 Å². The van der Waals surface area contributed by atoms with E-state index in [1.165, 1.54) is 44.9 Å². The van der Waals surface area contributed by atoms with Crippen LogP contribution in [0.4, 0.5) is 0 Å². The van der Waals surface area contributed by atoms with E-state index in [0.717, 1.165) is 43.5 Å². The van der Waals surface area contributed by atoms with Gasteiger partial charge >= 0.3 is 0 Å². The summed E-state index contributed by atoms with van der Waals surface area (Å²) >= 11 is 0. The second-order valence-electron chi connectivity index (χ2n) is 6.71. The third-order valence-corrected chi connectivity index (χ3v) is 4.95. The van der Waals surface area contributed by atoms with E-state index in [2.05, 4.69) is 36.5 Å². The molecule has 132 valence electrons. The molecule has 1 aromatic heterocycles. The minimum Gasteiger partial charge on any atom is -0.356 e. The maximum Gasteiger partial charge on any atom is 0.191 e. The molecule has 0 saturated carbocycles. The lowest BCUT2D eigenvalue weighted by atomic mass is 9.97. The zero-order valence-corrected chi connectivity index (χ0v) is 14.9. The molecule has 3 rings (SSSR count). The Morgan fingerprint density at radius 2 is 2.04 bits per heavy atom. The van der Waals surface area contributed by atoms with Gasteiger partial charge in [-0.05, 0) is 44.9 Å². The van der Waals surface area contributed by atoms with Crippen molar-refractivity contribution in [3.05, 3.63) is 23.3 Å². The third-order valence-electron chi connectivity index (χ3n) is 4.95. The molecule has 6 nitrogen and oxygen atoms in total. The number of nitrogens with one attached hydrogen (secondary N) is 2. The summed E-state index contributed by atoms with van der Waals surface area (Å²) in [6.07, 6.45) is 13.5. The van der Waals surface area contributed by atoms with Crippen LogP contribution in [0.1, 0.15) is 63.0 Å². The fraction of sp³-hybridized carbons (Fsp3) is 0.722. The van der Waals surface area contributed by atoms with Crippen LogP contribution >= 0.6 is 0 Å². The van der Waals surface area contributed by atoms with Crippen molar-refractivity contribution < 1.29 is 0 Å². The molecule has 0 aromatic carbocycles. The summed E-state index contributed by atoms with van der Waals surface area (Å²) in [5, 5.41) is 15.5. The van der Waals surface area contributed by atoms with Gasteiger partial charge in [0.1, 0.15) is 5.82 Å². The molecule has 2 heterocycles. The Kier molecular flexibility index (Phi) is 6.26. The van der Waals surface area contributed by atoms with Crippen LogP contribution in [0.5, 0.6) is 0 Å². The van der Waals surface area contributed by atoms with Gasteiger partial charge in [-0.3, -0.25) is 4.99 Å². The smallest absolute Gasteiger partial charge is 0.191 e. The van der Waals surface area contributed by atoms with Crippen LogP contribution in [0.2, 0.25) is 0 Å². The van der Waals surface area contributed by atoms with Crippen LogP contribution in [-0.4, -0.2) is 34.3 Å². The Morgan fingerprint density at radius 1 is 1.12 bits per heavy atom. The quantitative estimate of drug-likeness (QED) is 0.495. The minimum absolute atomic E-state index is 0.676. The first kappa shape index (κ1) is 17.0. The molecule has 0 spiro atoms. The van der Waals surface area contributed by atoms with Crippen molar-refractivity contribution in [1.29, 1.82) is 0 Å². The Balaban J connectivity index is 1.46. The van der Waals surface area contributed by atoms with Crippen molar-refractivity contribution in [2.24, 2.45) is 4.99 Å². The van der Waals surface area contributed by atoms with Crippen LogP contribution in [-0.2, 0) is 19.5 Å². The third kappa shape index (κ3) is 4.58. The molecule has 0 saturated heterocycles. The molecule has 24 heavy (non-hydrogen) atoms. The molecule has 1 aromatic rings. The number of nitrogens with zero attached hydrogens (tertiary/aromatic N) is 4. The molecular formula is C18H30N6. The minimum atomic E-state index is 0.676. The van der Waals surface area contributed by atoms with Crippen LogP contribution in [0.25, 0.3) is 0 Å². The number of hydrogen-bond acceptors (Lipinski definition) is 3. The van der Waals surface area contributed by atoms with Crippen LogP contribution in [0.15, 0.2) is 16.6 Å². The van der Waals surface area contributed by atoms with Crippen molar-refractivity contribution in [3.63, 3.8) is 0 Å². The molecular weight excluding hydrogens is 300 g/mol. The summed E-state index contributed by atoms with van der Waals surface area (Å²) in [5.74, 6) is 3.00. The van der Waals surface area contributed by atoms with Gasteiger partial charge in [-0.25, -0.2) is 0 Å². The molecule has 0 fully saturated rings. The molecule has 6 heteroatoms. The van der Waals surface area contributed by atoms with Crippen molar-refractivity contribution in [2.75, 3.05) is 13.6 Å². The summed E-state index contributed by atoms with van der Waals surface area (Å²) in [7, 11) is 1.82. The SMILES string of the molecule is CN=C(NCCC1=CCCCC1)NCc1nnc2n1CCCCC2. The number of fused-ring (bicyclic) bond motifs is 1. The predicted molar refractivity (Wildman–Crippen MR) is 96.9 cm³/mol. The highest BCUT2D eigenvalue weighted by molar-refractivity contribution is 5.79. The summed E-state index contributed by atoms with van der Waals surface area (Å²) in [5.41, 5.74) is 1.59. The highest BCUT2D eigenvalue weighted by Crippen LogP contribution is 2.19. The van der Waals surface area contributed by atoms with Gasteiger partial charge in [0.05, 0.1) is 6.54 Å². The van der Waals surface area contributed by atoms with Crippen molar-refractivity contribution in [1.82, 2.24) is 25.4 Å². The summed E-state index contributed by atoms with van der Waals surface area (Å²) in [6, 6.07) is 0. The van der Waals surface area contributed by atoms with Crippen LogP contribution in [0.3, 0.4) is 0 Å². The van der Waals surface area contributed by atoms with Gasteiger partial charge in [-0.1, -0.05) is 18.1 Å². The van der Waals surface area contributed by atoms with E-state index >= 15 is 0 Å². The van der Waals surface area contributed by atoms with Gasteiger partial charge in [-0.15, -0.1) is 10.2 Å². The maximum atomic E-state index is 4.36. The number of guanidine groups is 1. The number of aryl methyl sites for hydroxylation is 1. The standard InChI is InChI=1S/C18H30N6/c1-19-18(20-12-11-15-8-4-2-5-9-15)21-14-17-23-22-16-10-6-3-7-13-24(16)17/h8H,2-7,9-14H2,1H3,(H2,19,20,21). The molecule has 0 amide bonds. The lowest BCUT2D eigenvalue weighted by Gasteiger charge is -2.15. The van der Waals surface area contributed by atoms with E-state index in [-0.39, 0.29) is 0 Å². The van der Waals surface area contributed by atoms with Crippen molar-refractivity contribution >= 4 is 5.96 Å². The number of allylic oxidation sites excluding steroid dienone is 1. The van der Waals surface area contributed by atoms with Crippen molar-refractivity contribution in [2.45, 2.75) is 70.9 Å². The number of aliphatic imine (C=N–C) groups is 1. The zero-order valence-electron chi connectivity index (χ0n) is 14.9. The van der Waals surface area contributed by atoms with Gasteiger partial charge < -0.3 is 15.2 Å². The fourth-order valence-electron chi connectivity index (χ4n) is 3.53. The van der Waals surface area contributed by atoms with Crippen LogP contribution in [0, 0.1) is 0 Å². The molecule has 0 radical (unpaired) electrons. The summed E-state index contributed by atoms with van der Waals surface area (Å²) < 4.78 is 2.28.